The van der Waals surface area contributed by atoms with Crippen LogP contribution in [0.1, 0.15) is 6.92 Å². The van der Waals surface area contributed by atoms with E-state index in [1.54, 1.807) is 19.1 Å². The van der Waals surface area contributed by atoms with Crippen LogP contribution in [0.2, 0.25) is 0 Å². The monoisotopic (exact) mass is 235 g/mol. The van der Waals surface area contributed by atoms with Crippen LogP contribution in [0.3, 0.4) is 0 Å². The van der Waals surface area contributed by atoms with Gasteiger partial charge in [0, 0.05) is 11.9 Å². The summed E-state index contributed by atoms with van der Waals surface area (Å²) >= 11 is 0. The Bertz CT molecular complexity index is 600. The van der Waals surface area contributed by atoms with Crippen molar-refractivity contribution >= 4 is 20.8 Å². The third-order valence-electron chi connectivity index (χ3n) is 2.37. The zero-order valence-corrected chi connectivity index (χ0v) is 9.79. The third kappa shape index (κ3) is 1.94. The van der Waals surface area contributed by atoms with Crippen LogP contribution in [0.15, 0.2) is 47.4 Å². The molecule has 0 atom stereocenters. The molecule has 84 valence electrons. The van der Waals surface area contributed by atoms with Crippen molar-refractivity contribution in [2.75, 3.05) is 6.54 Å². The molecule has 0 heterocycles. The molecular weight excluding hydrogens is 222 g/mol. The van der Waals surface area contributed by atoms with Crippen molar-refractivity contribution in [1.29, 1.82) is 0 Å². The summed E-state index contributed by atoms with van der Waals surface area (Å²) in [6.45, 7) is 2.16. The topological polar surface area (TPSA) is 46.2 Å². The largest absolute Gasteiger partial charge is 0.241 e. The molecule has 2 aromatic carbocycles. The maximum atomic E-state index is 11.9. The van der Waals surface area contributed by atoms with Gasteiger partial charge in [0.25, 0.3) is 0 Å². The average molecular weight is 235 g/mol. The van der Waals surface area contributed by atoms with Crippen molar-refractivity contribution in [2.24, 2.45) is 0 Å². The lowest BCUT2D eigenvalue weighted by atomic mass is 10.1. The van der Waals surface area contributed by atoms with Crippen LogP contribution in [0, 0.1) is 0 Å². The van der Waals surface area contributed by atoms with Gasteiger partial charge >= 0.3 is 0 Å². The van der Waals surface area contributed by atoms with Crippen molar-refractivity contribution in [1.82, 2.24) is 4.72 Å². The first-order valence-corrected chi connectivity index (χ1v) is 6.61. The van der Waals surface area contributed by atoms with Gasteiger partial charge in [0.2, 0.25) is 10.0 Å². The van der Waals surface area contributed by atoms with Crippen LogP contribution in [0.5, 0.6) is 0 Å². The number of hydrogen-bond acceptors (Lipinski definition) is 2. The predicted molar refractivity (Wildman–Crippen MR) is 64.8 cm³/mol. The minimum atomic E-state index is -3.39. The number of benzene rings is 2. The highest BCUT2D eigenvalue weighted by Gasteiger charge is 2.15. The maximum Gasteiger partial charge on any atom is 0.241 e. The molecule has 0 bridgehead atoms. The van der Waals surface area contributed by atoms with E-state index in [2.05, 4.69) is 4.72 Å². The number of rotatable bonds is 3. The second-order valence-electron chi connectivity index (χ2n) is 3.48. The van der Waals surface area contributed by atoms with E-state index in [1.807, 2.05) is 30.3 Å². The molecule has 3 nitrogen and oxygen atoms in total. The van der Waals surface area contributed by atoms with E-state index in [0.29, 0.717) is 11.4 Å². The first-order chi connectivity index (χ1) is 7.65. The van der Waals surface area contributed by atoms with E-state index in [9.17, 15) is 8.42 Å². The van der Waals surface area contributed by atoms with Crippen molar-refractivity contribution in [3.63, 3.8) is 0 Å². The van der Waals surface area contributed by atoms with Gasteiger partial charge in [0.1, 0.15) is 0 Å². The van der Waals surface area contributed by atoms with Crippen LogP contribution >= 0.6 is 0 Å². The number of sulfonamides is 1. The Kier molecular flexibility index (Phi) is 2.94. The van der Waals surface area contributed by atoms with Crippen LogP contribution in [0.4, 0.5) is 0 Å². The average Bonchev–Trinajstić information content (AvgIpc) is 2.28. The summed E-state index contributed by atoms with van der Waals surface area (Å²) < 4.78 is 26.4. The lowest BCUT2D eigenvalue weighted by Gasteiger charge is -2.07. The fraction of sp³-hybridized carbons (Fsp3) is 0.167. The Morgan fingerprint density at radius 3 is 2.50 bits per heavy atom. The van der Waals surface area contributed by atoms with Gasteiger partial charge in [-0.2, -0.15) is 0 Å². The molecule has 2 rings (SSSR count). The lowest BCUT2D eigenvalue weighted by molar-refractivity contribution is 0.585. The summed E-state index contributed by atoms with van der Waals surface area (Å²) in [5.74, 6) is 0. The second kappa shape index (κ2) is 4.23. The molecule has 0 aromatic heterocycles. The molecule has 0 amide bonds. The Morgan fingerprint density at radius 1 is 1.06 bits per heavy atom. The SMILES string of the molecule is CCNS(=O)(=O)c1cccc2ccccc12. The van der Waals surface area contributed by atoms with E-state index in [-0.39, 0.29) is 0 Å². The molecule has 0 aliphatic rings. The van der Waals surface area contributed by atoms with Gasteiger partial charge in [-0.15, -0.1) is 0 Å². The molecule has 0 radical (unpaired) electrons. The summed E-state index contributed by atoms with van der Waals surface area (Å²) in [5, 5.41) is 1.69. The van der Waals surface area contributed by atoms with Crippen LogP contribution in [0.25, 0.3) is 10.8 Å². The second-order valence-corrected chi connectivity index (χ2v) is 5.21. The normalized spacial score (nSPS) is 11.8. The highest BCUT2D eigenvalue weighted by atomic mass is 32.2. The molecule has 0 saturated heterocycles. The molecule has 0 aliphatic heterocycles. The molecule has 4 heteroatoms. The molecule has 0 aliphatic carbocycles. The smallest absolute Gasteiger partial charge is 0.211 e. The highest BCUT2D eigenvalue weighted by molar-refractivity contribution is 7.89. The van der Waals surface area contributed by atoms with Gasteiger partial charge in [-0.3, -0.25) is 0 Å². The van der Waals surface area contributed by atoms with Gasteiger partial charge in [0.15, 0.2) is 0 Å². The number of hydrogen-bond donors (Lipinski definition) is 1. The third-order valence-corrected chi connectivity index (χ3v) is 3.98. The van der Waals surface area contributed by atoms with Gasteiger partial charge in [-0.1, -0.05) is 43.3 Å². The van der Waals surface area contributed by atoms with E-state index in [4.69, 9.17) is 0 Å². The van der Waals surface area contributed by atoms with Crippen LogP contribution in [-0.4, -0.2) is 15.0 Å². The van der Waals surface area contributed by atoms with Crippen LogP contribution < -0.4 is 4.72 Å². The lowest BCUT2D eigenvalue weighted by Crippen LogP contribution is -2.23. The van der Waals surface area contributed by atoms with E-state index in [0.717, 1.165) is 10.8 Å². The van der Waals surface area contributed by atoms with Crippen molar-refractivity contribution in [2.45, 2.75) is 11.8 Å². The highest BCUT2D eigenvalue weighted by Crippen LogP contribution is 2.22. The zero-order chi connectivity index (χ0) is 11.6. The quantitative estimate of drug-likeness (QED) is 0.886. The number of nitrogens with one attached hydrogen (secondary N) is 1. The van der Waals surface area contributed by atoms with E-state index >= 15 is 0 Å². The van der Waals surface area contributed by atoms with Gasteiger partial charge in [-0.25, -0.2) is 13.1 Å². The molecule has 0 unspecified atom stereocenters. The molecule has 16 heavy (non-hydrogen) atoms. The minimum Gasteiger partial charge on any atom is -0.211 e. The summed E-state index contributed by atoms with van der Waals surface area (Å²) in [4.78, 5) is 0.340. The Hall–Kier alpha value is -1.39. The standard InChI is InChI=1S/C12H13NO2S/c1-2-13-16(14,15)12-9-5-7-10-6-3-4-8-11(10)12/h3-9,13H,2H2,1H3. The van der Waals surface area contributed by atoms with E-state index < -0.39 is 10.0 Å². The zero-order valence-electron chi connectivity index (χ0n) is 8.97. The molecule has 2 aromatic rings. The molecule has 0 saturated carbocycles. The molecule has 0 fully saturated rings. The summed E-state index contributed by atoms with van der Waals surface area (Å²) in [6.07, 6.45) is 0. The first-order valence-electron chi connectivity index (χ1n) is 5.12. The molecular formula is C12H13NO2S. The van der Waals surface area contributed by atoms with Gasteiger partial charge in [-0.05, 0) is 11.5 Å². The van der Waals surface area contributed by atoms with Gasteiger partial charge in [0.05, 0.1) is 4.90 Å². The first kappa shape index (κ1) is 11.1. The summed E-state index contributed by atoms with van der Waals surface area (Å²) in [6, 6.07) is 12.7. The summed E-state index contributed by atoms with van der Waals surface area (Å²) in [7, 11) is -3.39. The van der Waals surface area contributed by atoms with E-state index in [1.165, 1.54) is 0 Å². The maximum absolute atomic E-state index is 11.9. The van der Waals surface area contributed by atoms with Crippen molar-refractivity contribution in [3.8, 4) is 0 Å². The molecule has 1 N–H and O–H groups in total. The minimum absolute atomic E-state index is 0.340. The Morgan fingerprint density at radius 2 is 1.75 bits per heavy atom. The predicted octanol–water partition coefficient (Wildman–Crippen LogP) is 2.14. The fourth-order valence-corrected chi connectivity index (χ4v) is 2.97. The number of fused-ring (bicyclic) bond motifs is 1. The Balaban J connectivity index is 2.70. The van der Waals surface area contributed by atoms with Gasteiger partial charge < -0.3 is 0 Å². The Labute approximate surface area is 95.2 Å². The van der Waals surface area contributed by atoms with Crippen LogP contribution in [-0.2, 0) is 10.0 Å². The summed E-state index contributed by atoms with van der Waals surface area (Å²) in [5.41, 5.74) is 0. The van der Waals surface area contributed by atoms with Crippen molar-refractivity contribution in [3.05, 3.63) is 42.5 Å². The van der Waals surface area contributed by atoms with Crippen molar-refractivity contribution < 1.29 is 8.42 Å². The fourth-order valence-electron chi connectivity index (χ4n) is 1.70. The molecule has 0 spiro atoms.